The molecule has 1 fully saturated rings. The summed E-state index contributed by atoms with van der Waals surface area (Å²) in [7, 11) is -4.32. The molecule has 168 valence electrons. The smallest absolute Gasteiger partial charge is 0.356 e. The molecule has 1 aromatic heterocycles. The first-order valence-corrected chi connectivity index (χ1v) is 11.4. The third kappa shape index (κ3) is 5.37. The molecular formula is C19H29N2O8P. The molecule has 1 saturated heterocycles. The molecule has 11 heteroatoms. The monoisotopic (exact) mass is 444 g/mol. The molecule has 2 rings (SSSR count). The van der Waals surface area contributed by atoms with E-state index in [1.807, 2.05) is 0 Å². The largest absolute Gasteiger partial charge is 0.388 e. The van der Waals surface area contributed by atoms with E-state index in [2.05, 4.69) is 21.8 Å². The van der Waals surface area contributed by atoms with Crippen LogP contribution in [-0.2, 0) is 13.8 Å². The summed E-state index contributed by atoms with van der Waals surface area (Å²) in [6.07, 6.45) is -3.41. The van der Waals surface area contributed by atoms with Crippen molar-refractivity contribution in [1.82, 2.24) is 9.97 Å². The third-order valence-corrected chi connectivity index (χ3v) is 7.00. The zero-order valence-corrected chi connectivity index (χ0v) is 18.3. The highest BCUT2D eigenvalue weighted by atomic mass is 31.2. The second-order valence-corrected chi connectivity index (χ2v) is 9.42. The number of aliphatic hydroxyl groups is 3. The summed E-state index contributed by atoms with van der Waals surface area (Å²) in [5.41, 5.74) is -1.35. The van der Waals surface area contributed by atoms with E-state index in [1.165, 1.54) is 0 Å². The van der Waals surface area contributed by atoms with Crippen molar-refractivity contribution < 1.29 is 34.0 Å². The second kappa shape index (κ2) is 9.71. The van der Waals surface area contributed by atoms with Gasteiger partial charge in [-0.2, -0.15) is 0 Å². The number of aliphatic hydroxyl groups excluding tert-OH is 3. The Balaban J connectivity index is 2.27. The number of aromatic amines is 1. The van der Waals surface area contributed by atoms with E-state index in [0.29, 0.717) is 0 Å². The lowest BCUT2D eigenvalue weighted by molar-refractivity contribution is -0.0502. The molecule has 10 nitrogen and oxygen atoms in total. The maximum atomic E-state index is 12.3. The van der Waals surface area contributed by atoms with Gasteiger partial charge in [0.05, 0.1) is 17.9 Å². The highest BCUT2D eigenvalue weighted by Gasteiger charge is 2.49. The molecule has 0 spiro atoms. The Morgan fingerprint density at radius 3 is 2.63 bits per heavy atom. The molecule has 0 aliphatic carbocycles. The molecule has 1 aliphatic heterocycles. The molecule has 4 unspecified atom stereocenters. The quantitative estimate of drug-likeness (QED) is 0.288. The number of H-pyrrole nitrogens is 1. The molecule has 5 N–H and O–H groups in total. The summed E-state index contributed by atoms with van der Waals surface area (Å²) in [6.45, 7) is 6.42. The number of aromatic nitrogens is 2. The summed E-state index contributed by atoms with van der Waals surface area (Å²) >= 11 is 0. The van der Waals surface area contributed by atoms with Crippen molar-refractivity contribution in [1.29, 1.82) is 0 Å². The number of hydrogen-bond acceptors (Lipinski definition) is 8. The van der Waals surface area contributed by atoms with Crippen LogP contribution in [0.15, 0.2) is 11.0 Å². The van der Waals surface area contributed by atoms with Gasteiger partial charge in [0.25, 0.3) is 5.56 Å². The number of ether oxygens (including phenoxy) is 1. The fraction of sp³-hybridized carbons (Fsp3) is 0.684. The van der Waals surface area contributed by atoms with Gasteiger partial charge < -0.3 is 34.5 Å². The van der Waals surface area contributed by atoms with Crippen molar-refractivity contribution in [3.63, 3.8) is 0 Å². The van der Waals surface area contributed by atoms with Gasteiger partial charge in [0, 0.05) is 6.42 Å². The van der Waals surface area contributed by atoms with Crippen molar-refractivity contribution in [2.24, 2.45) is 0 Å². The Bertz CT molecular complexity index is 910. The zero-order valence-electron chi connectivity index (χ0n) is 17.4. The van der Waals surface area contributed by atoms with Crippen LogP contribution in [0.3, 0.4) is 0 Å². The van der Waals surface area contributed by atoms with E-state index in [9.17, 15) is 29.6 Å². The highest BCUT2D eigenvalue weighted by Crippen LogP contribution is 2.53. The first kappa shape index (κ1) is 24.7. The van der Waals surface area contributed by atoms with E-state index in [4.69, 9.17) is 9.26 Å². The predicted molar refractivity (Wildman–Crippen MR) is 108 cm³/mol. The van der Waals surface area contributed by atoms with Crippen LogP contribution in [0.5, 0.6) is 0 Å². The highest BCUT2D eigenvalue weighted by molar-refractivity contribution is 7.53. The van der Waals surface area contributed by atoms with Crippen LogP contribution >= 0.6 is 7.60 Å². The Morgan fingerprint density at radius 2 is 2.07 bits per heavy atom. The first-order valence-electron chi connectivity index (χ1n) is 9.72. The van der Waals surface area contributed by atoms with Gasteiger partial charge in [-0.15, -0.1) is 0 Å². The Kier molecular flexibility index (Phi) is 7.99. The average molecular weight is 444 g/mol. The zero-order chi connectivity index (χ0) is 22.7. The van der Waals surface area contributed by atoms with Crippen LogP contribution < -0.4 is 5.56 Å². The molecule has 0 amide bonds. The summed E-state index contributed by atoms with van der Waals surface area (Å²) in [6, 6.07) is 0. The van der Waals surface area contributed by atoms with Gasteiger partial charge in [0.1, 0.15) is 29.7 Å². The normalized spacial score (nSPS) is 28.8. The fourth-order valence-corrected chi connectivity index (χ4v) is 4.69. The summed E-state index contributed by atoms with van der Waals surface area (Å²) in [4.78, 5) is 28.2. The van der Waals surface area contributed by atoms with Gasteiger partial charge in [-0.25, -0.2) is 4.98 Å². The van der Waals surface area contributed by atoms with Gasteiger partial charge >= 0.3 is 7.60 Å². The second-order valence-electron chi connectivity index (χ2n) is 7.51. The van der Waals surface area contributed by atoms with Crippen LogP contribution in [0.25, 0.3) is 0 Å². The lowest BCUT2D eigenvalue weighted by Crippen LogP contribution is -2.39. The Morgan fingerprint density at radius 1 is 1.40 bits per heavy atom. The van der Waals surface area contributed by atoms with Crippen LogP contribution in [0.2, 0.25) is 0 Å². The van der Waals surface area contributed by atoms with Crippen molar-refractivity contribution in [2.45, 2.75) is 82.8 Å². The van der Waals surface area contributed by atoms with E-state index < -0.39 is 49.0 Å². The molecule has 0 saturated carbocycles. The SMILES string of the molecule is CC#Cc1[nH]c(=O)cnc1[C@@H]1O[C@H](CC(C)(CC)OP(=O)(O)C(O)CC)C(O)[C@@H]1O. The van der Waals surface area contributed by atoms with Crippen LogP contribution in [0.1, 0.15) is 64.4 Å². The van der Waals surface area contributed by atoms with Gasteiger partial charge in [0.2, 0.25) is 0 Å². The van der Waals surface area contributed by atoms with Crippen LogP contribution in [0.4, 0.5) is 0 Å². The molecule has 0 aromatic carbocycles. The summed E-state index contributed by atoms with van der Waals surface area (Å²) in [5.74, 6) is 3.80. The molecule has 0 bridgehead atoms. The van der Waals surface area contributed by atoms with Crippen molar-refractivity contribution >= 4 is 7.60 Å². The molecule has 7 atom stereocenters. The van der Waals surface area contributed by atoms with Gasteiger partial charge in [-0.3, -0.25) is 9.36 Å². The maximum absolute atomic E-state index is 12.3. The van der Waals surface area contributed by atoms with Crippen LogP contribution in [-0.4, -0.2) is 59.9 Å². The minimum absolute atomic E-state index is 0.0304. The summed E-state index contributed by atoms with van der Waals surface area (Å²) < 4.78 is 23.6. The van der Waals surface area contributed by atoms with Crippen molar-refractivity contribution in [2.75, 3.05) is 0 Å². The molecule has 0 radical (unpaired) electrons. The van der Waals surface area contributed by atoms with Crippen molar-refractivity contribution in [3.05, 3.63) is 27.9 Å². The van der Waals surface area contributed by atoms with Crippen LogP contribution in [0, 0.1) is 11.8 Å². The van der Waals surface area contributed by atoms with Crippen molar-refractivity contribution in [3.8, 4) is 11.8 Å². The van der Waals surface area contributed by atoms with Gasteiger partial charge in [0.15, 0.2) is 5.85 Å². The molecular weight excluding hydrogens is 415 g/mol. The number of nitrogens with one attached hydrogen (secondary N) is 1. The fourth-order valence-electron chi connectivity index (χ4n) is 3.27. The minimum atomic E-state index is -4.32. The number of rotatable bonds is 8. The summed E-state index contributed by atoms with van der Waals surface area (Å²) in [5, 5.41) is 30.8. The van der Waals surface area contributed by atoms with E-state index >= 15 is 0 Å². The van der Waals surface area contributed by atoms with Gasteiger partial charge in [-0.1, -0.05) is 19.8 Å². The number of nitrogens with zero attached hydrogens (tertiary/aromatic N) is 1. The topological polar surface area (TPSA) is 162 Å². The predicted octanol–water partition coefficient (Wildman–Crippen LogP) is 0.792. The van der Waals surface area contributed by atoms with E-state index in [-0.39, 0.29) is 30.7 Å². The standard InChI is InChI=1S/C19H29N2O8P/c1-5-8-11-15(20-10-13(22)21-11)18-17(25)16(24)12(28-18)9-19(4,7-3)29-30(26,27)14(23)6-2/h10,12,14,16-18,23-25H,6-7,9H2,1-4H3,(H,21,22)(H,26,27)/t12-,14?,16?,17+,18+,19?/m1/s1. The number of hydrogen-bond donors (Lipinski definition) is 5. The average Bonchev–Trinajstić information content (AvgIpc) is 2.95. The Labute approximate surface area is 174 Å². The maximum Gasteiger partial charge on any atom is 0.356 e. The first-order chi connectivity index (χ1) is 14.0. The lowest BCUT2D eigenvalue weighted by Gasteiger charge is -2.34. The van der Waals surface area contributed by atoms with E-state index in [0.717, 1.165) is 6.20 Å². The lowest BCUT2D eigenvalue weighted by atomic mass is 9.92. The van der Waals surface area contributed by atoms with E-state index in [1.54, 1.807) is 27.7 Å². The molecule has 1 aromatic rings. The third-order valence-electron chi connectivity index (χ3n) is 5.18. The molecule has 30 heavy (non-hydrogen) atoms. The molecule has 2 heterocycles. The molecule has 1 aliphatic rings. The van der Waals surface area contributed by atoms with Gasteiger partial charge in [-0.05, 0) is 32.6 Å². The minimum Gasteiger partial charge on any atom is -0.388 e. The Hall–Kier alpha value is -1.57.